The van der Waals surface area contributed by atoms with E-state index in [0.29, 0.717) is 12.3 Å². The molecular formula is C18H30N2O2. The van der Waals surface area contributed by atoms with Crippen LogP contribution in [0.2, 0.25) is 0 Å². The van der Waals surface area contributed by atoms with E-state index < -0.39 is 0 Å². The SMILES string of the molecule is CCC(CCO)NC(C)CC(=O)Nc1ccccc1C(C)C. The molecule has 2 unspecified atom stereocenters. The predicted octanol–water partition coefficient (Wildman–Crippen LogP) is 3.28. The van der Waals surface area contributed by atoms with E-state index in [-0.39, 0.29) is 24.6 Å². The molecule has 0 aliphatic carbocycles. The molecule has 0 aliphatic rings. The molecule has 3 N–H and O–H groups in total. The van der Waals surface area contributed by atoms with Gasteiger partial charge in [0.1, 0.15) is 0 Å². The predicted molar refractivity (Wildman–Crippen MR) is 92.2 cm³/mol. The summed E-state index contributed by atoms with van der Waals surface area (Å²) in [5, 5.41) is 15.4. The molecule has 0 radical (unpaired) electrons. The zero-order valence-corrected chi connectivity index (χ0v) is 14.2. The number of hydrogen-bond donors (Lipinski definition) is 3. The average molecular weight is 306 g/mol. The lowest BCUT2D eigenvalue weighted by molar-refractivity contribution is -0.116. The first kappa shape index (κ1) is 18.7. The van der Waals surface area contributed by atoms with Gasteiger partial charge in [-0.25, -0.2) is 0 Å². The lowest BCUT2D eigenvalue weighted by atomic mass is 10.0. The second-order valence-corrected chi connectivity index (χ2v) is 6.18. The van der Waals surface area contributed by atoms with Crippen molar-refractivity contribution in [2.24, 2.45) is 0 Å². The first-order valence-electron chi connectivity index (χ1n) is 8.23. The van der Waals surface area contributed by atoms with Crippen molar-refractivity contribution in [3.05, 3.63) is 29.8 Å². The fourth-order valence-corrected chi connectivity index (χ4v) is 2.62. The van der Waals surface area contributed by atoms with Gasteiger partial charge in [0.15, 0.2) is 0 Å². The smallest absolute Gasteiger partial charge is 0.225 e. The molecule has 4 nitrogen and oxygen atoms in total. The third-order valence-corrected chi connectivity index (χ3v) is 3.84. The third kappa shape index (κ3) is 6.16. The van der Waals surface area contributed by atoms with Crippen molar-refractivity contribution in [2.75, 3.05) is 11.9 Å². The molecule has 0 heterocycles. The van der Waals surface area contributed by atoms with Crippen molar-refractivity contribution in [1.29, 1.82) is 0 Å². The molecule has 1 aromatic rings. The molecule has 4 heteroatoms. The molecular weight excluding hydrogens is 276 g/mol. The van der Waals surface area contributed by atoms with Crippen LogP contribution in [-0.4, -0.2) is 29.7 Å². The van der Waals surface area contributed by atoms with Gasteiger partial charge in [-0.2, -0.15) is 0 Å². The van der Waals surface area contributed by atoms with Gasteiger partial charge in [-0.15, -0.1) is 0 Å². The Hall–Kier alpha value is -1.39. The Balaban J connectivity index is 2.56. The molecule has 1 aromatic carbocycles. The fraction of sp³-hybridized carbons (Fsp3) is 0.611. The number of nitrogens with one attached hydrogen (secondary N) is 2. The number of hydrogen-bond acceptors (Lipinski definition) is 3. The van der Waals surface area contributed by atoms with Gasteiger partial charge in [0, 0.05) is 30.8 Å². The largest absolute Gasteiger partial charge is 0.396 e. The monoisotopic (exact) mass is 306 g/mol. The topological polar surface area (TPSA) is 61.4 Å². The van der Waals surface area contributed by atoms with Crippen LogP contribution in [0.25, 0.3) is 0 Å². The van der Waals surface area contributed by atoms with E-state index in [0.717, 1.165) is 24.1 Å². The van der Waals surface area contributed by atoms with E-state index in [4.69, 9.17) is 5.11 Å². The summed E-state index contributed by atoms with van der Waals surface area (Å²) < 4.78 is 0. The van der Waals surface area contributed by atoms with Gasteiger partial charge in [0.25, 0.3) is 0 Å². The summed E-state index contributed by atoms with van der Waals surface area (Å²) >= 11 is 0. The van der Waals surface area contributed by atoms with Gasteiger partial charge in [0.05, 0.1) is 0 Å². The van der Waals surface area contributed by atoms with Crippen LogP contribution in [0.3, 0.4) is 0 Å². The highest BCUT2D eigenvalue weighted by Gasteiger charge is 2.15. The highest BCUT2D eigenvalue weighted by molar-refractivity contribution is 5.91. The van der Waals surface area contributed by atoms with E-state index >= 15 is 0 Å². The molecule has 2 atom stereocenters. The molecule has 0 fully saturated rings. The zero-order valence-electron chi connectivity index (χ0n) is 14.2. The Bertz CT molecular complexity index is 460. The summed E-state index contributed by atoms with van der Waals surface area (Å²) in [7, 11) is 0. The summed E-state index contributed by atoms with van der Waals surface area (Å²) in [4.78, 5) is 12.2. The molecule has 22 heavy (non-hydrogen) atoms. The molecule has 124 valence electrons. The first-order valence-corrected chi connectivity index (χ1v) is 8.23. The molecule has 0 spiro atoms. The van der Waals surface area contributed by atoms with Crippen molar-refractivity contribution < 1.29 is 9.90 Å². The minimum Gasteiger partial charge on any atom is -0.396 e. The molecule has 1 amide bonds. The molecule has 1 rings (SSSR count). The summed E-state index contributed by atoms with van der Waals surface area (Å²) in [6.07, 6.45) is 2.09. The number of para-hydroxylation sites is 1. The summed E-state index contributed by atoms with van der Waals surface area (Å²) in [6, 6.07) is 8.29. The second kappa shape index (κ2) is 9.59. The Labute approximate surface area is 134 Å². The normalized spacial score (nSPS) is 13.9. The van der Waals surface area contributed by atoms with Gasteiger partial charge in [-0.1, -0.05) is 39.0 Å². The number of carbonyl (C=O) groups excluding carboxylic acids is 1. The highest BCUT2D eigenvalue weighted by Crippen LogP contribution is 2.23. The van der Waals surface area contributed by atoms with Crippen LogP contribution in [0.1, 0.15) is 58.4 Å². The Morgan fingerprint density at radius 2 is 1.91 bits per heavy atom. The van der Waals surface area contributed by atoms with E-state index in [9.17, 15) is 4.79 Å². The van der Waals surface area contributed by atoms with Crippen LogP contribution in [-0.2, 0) is 4.79 Å². The summed E-state index contributed by atoms with van der Waals surface area (Å²) in [5.41, 5.74) is 2.06. The Morgan fingerprint density at radius 3 is 2.50 bits per heavy atom. The molecule has 0 bridgehead atoms. The van der Waals surface area contributed by atoms with E-state index in [2.05, 4.69) is 37.5 Å². The highest BCUT2D eigenvalue weighted by atomic mass is 16.3. The number of anilines is 1. The van der Waals surface area contributed by atoms with Crippen LogP contribution in [0, 0.1) is 0 Å². The van der Waals surface area contributed by atoms with Gasteiger partial charge < -0.3 is 15.7 Å². The van der Waals surface area contributed by atoms with Gasteiger partial charge in [0.2, 0.25) is 5.91 Å². The lowest BCUT2D eigenvalue weighted by Crippen LogP contribution is -2.38. The number of aliphatic hydroxyl groups is 1. The van der Waals surface area contributed by atoms with Crippen LogP contribution < -0.4 is 10.6 Å². The van der Waals surface area contributed by atoms with Crippen molar-refractivity contribution in [2.45, 2.75) is 65.0 Å². The second-order valence-electron chi connectivity index (χ2n) is 6.18. The number of benzene rings is 1. The van der Waals surface area contributed by atoms with Crippen LogP contribution in [0.15, 0.2) is 24.3 Å². The quantitative estimate of drug-likeness (QED) is 0.656. The van der Waals surface area contributed by atoms with E-state index in [1.54, 1.807) is 0 Å². The maximum absolute atomic E-state index is 12.2. The Kier molecular flexibility index (Phi) is 8.13. The van der Waals surface area contributed by atoms with Gasteiger partial charge in [-0.3, -0.25) is 4.79 Å². The molecule has 0 saturated heterocycles. The van der Waals surface area contributed by atoms with Gasteiger partial charge >= 0.3 is 0 Å². The van der Waals surface area contributed by atoms with Crippen LogP contribution in [0.4, 0.5) is 5.69 Å². The average Bonchev–Trinajstić information content (AvgIpc) is 2.46. The zero-order chi connectivity index (χ0) is 16.5. The maximum Gasteiger partial charge on any atom is 0.225 e. The Morgan fingerprint density at radius 1 is 1.23 bits per heavy atom. The standard InChI is InChI=1S/C18H30N2O2/c1-5-15(10-11-21)19-14(4)12-18(22)20-17-9-7-6-8-16(17)13(2)3/h6-9,13-15,19,21H,5,10-12H2,1-4H3,(H,20,22). The van der Waals surface area contributed by atoms with Crippen LogP contribution in [0.5, 0.6) is 0 Å². The van der Waals surface area contributed by atoms with Gasteiger partial charge in [-0.05, 0) is 37.3 Å². The van der Waals surface area contributed by atoms with Crippen molar-refractivity contribution in [3.63, 3.8) is 0 Å². The number of aliphatic hydroxyl groups excluding tert-OH is 1. The fourth-order valence-electron chi connectivity index (χ4n) is 2.62. The van der Waals surface area contributed by atoms with Crippen LogP contribution >= 0.6 is 0 Å². The van der Waals surface area contributed by atoms with E-state index in [1.165, 1.54) is 0 Å². The maximum atomic E-state index is 12.2. The van der Waals surface area contributed by atoms with Crippen molar-refractivity contribution in [1.82, 2.24) is 5.32 Å². The van der Waals surface area contributed by atoms with E-state index in [1.807, 2.05) is 25.1 Å². The minimum absolute atomic E-state index is 0.0203. The summed E-state index contributed by atoms with van der Waals surface area (Å²) in [6.45, 7) is 8.50. The number of amides is 1. The van der Waals surface area contributed by atoms with Crippen molar-refractivity contribution >= 4 is 11.6 Å². The van der Waals surface area contributed by atoms with Crippen molar-refractivity contribution in [3.8, 4) is 0 Å². The summed E-state index contributed by atoms with van der Waals surface area (Å²) in [5.74, 6) is 0.396. The minimum atomic E-state index is 0.0203. The molecule has 0 aromatic heterocycles. The molecule has 0 aliphatic heterocycles. The third-order valence-electron chi connectivity index (χ3n) is 3.84. The molecule has 0 saturated carbocycles. The number of carbonyl (C=O) groups is 1. The lowest BCUT2D eigenvalue weighted by Gasteiger charge is -2.21. The number of rotatable bonds is 9. The first-order chi connectivity index (χ1) is 10.5.